The topological polar surface area (TPSA) is 81.0 Å². The largest absolute Gasteiger partial charge is 0.464 e. The lowest BCUT2D eigenvalue weighted by Gasteiger charge is -2.11. The van der Waals surface area contributed by atoms with Crippen LogP contribution in [0.25, 0.3) is 5.69 Å². The van der Waals surface area contributed by atoms with E-state index in [1.807, 2.05) is 30.3 Å². The average molecular weight is 283 g/mol. The van der Waals surface area contributed by atoms with E-state index in [1.165, 1.54) is 7.11 Å². The second-order valence-electron chi connectivity index (χ2n) is 5.03. The number of ether oxygens (including phenoxy) is 1. The normalized spacial score (nSPS) is 10.4. The van der Waals surface area contributed by atoms with Gasteiger partial charge in [-0.1, -0.05) is 26.0 Å². The van der Waals surface area contributed by atoms with Gasteiger partial charge in [-0.3, -0.25) is 0 Å². The van der Waals surface area contributed by atoms with Crippen LogP contribution in [0.5, 0.6) is 0 Å². The number of hydrogen-bond acceptors (Lipinski definition) is 4. The lowest BCUT2D eigenvalue weighted by atomic mass is 10.0. The fourth-order valence-corrected chi connectivity index (χ4v) is 2.15. The van der Waals surface area contributed by atoms with Gasteiger partial charge in [0, 0.05) is 11.9 Å². The molecular formula is C16H17N3O2. The Hall–Kier alpha value is -2.74. The summed E-state index contributed by atoms with van der Waals surface area (Å²) in [5, 5.41) is 9.10. The van der Waals surface area contributed by atoms with E-state index < -0.39 is 5.97 Å². The first-order valence-electron chi connectivity index (χ1n) is 6.59. The molecule has 21 heavy (non-hydrogen) atoms. The molecule has 1 aromatic heterocycles. The molecule has 0 spiro atoms. The number of carbonyl (C=O) groups excluding carboxylic acids is 1. The molecule has 2 aromatic rings. The Bertz CT molecular complexity index is 724. The van der Waals surface area contributed by atoms with Gasteiger partial charge in [0.25, 0.3) is 0 Å². The monoisotopic (exact) mass is 283 g/mol. The molecule has 0 saturated heterocycles. The van der Waals surface area contributed by atoms with Crippen LogP contribution in [0.1, 0.15) is 41.4 Å². The van der Waals surface area contributed by atoms with Crippen LogP contribution in [0, 0.1) is 11.3 Å². The smallest absolute Gasteiger partial charge is 0.357 e. The quantitative estimate of drug-likeness (QED) is 0.878. The summed E-state index contributed by atoms with van der Waals surface area (Å²) in [7, 11) is 1.29. The van der Waals surface area contributed by atoms with Gasteiger partial charge in [0.2, 0.25) is 0 Å². The van der Waals surface area contributed by atoms with Crippen LogP contribution in [0.3, 0.4) is 0 Å². The number of aromatic nitrogens is 1. The summed E-state index contributed by atoms with van der Waals surface area (Å²) in [6.07, 6.45) is 1.56. The molecule has 1 heterocycles. The number of rotatable bonds is 3. The zero-order valence-electron chi connectivity index (χ0n) is 12.3. The summed E-state index contributed by atoms with van der Waals surface area (Å²) < 4.78 is 6.37. The first-order valence-corrected chi connectivity index (χ1v) is 6.59. The molecule has 5 nitrogen and oxygen atoms in total. The van der Waals surface area contributed by atoms with E-state index in [-0.39, 0.29) is 16.9 Å². The van der Waals surface area contributed by atoms with Gasteiger partial charge in [0.15, 0.2) is 5.69 Å². The number of nitrogens with two attached hydrogens (primary N) is 1. The lowest BCUT2D eigenvalue weighted by Crippen LogP contribution is -2.11. The van der Waals surface area contributed by atoms with E-state index in [2.05, 4.69) is 13.8 Å². The maximum atomic E-state index is 11.9. The van der Waals surface area contributed by atoms with E-state index in [9.17, 15) is 4.79 Å². The number of nitriles is 1. The number of esters is 1. The number of hydrogen-bond donors (Lipinski definition) is 1. The minimum Gasteiger partial charge on any atom is -0.464 e. The van der Waals surface area contributed by atoms with Crippen molar-refractivity contribution in [3.8, 4) is 11.8 Å². The van der Waals surface area contributed by atoms with E-state index in [0.717, 1.165) is 11.3 Å². The molecule has 0 amide bonds. The second kappa shape index (κ2) is 5.71. The third-order valence-electron chi connectivity index (χ3n) is 3.36. The molecule has 5 heteroatoms. The average Bonchev–Trinajstić information content (AvgIpc) is 2.83. The Morgan fingerprint density at radius 1 is 1.43 bits per heavy atom. The van der Waals surface area contributed by atoms with Crippen LogP contribution < -0.4 is 5.73 Å². The minimum absolute atomic E-state index is 0.138. The van der Waals surface area contributed by atoms with Crippen molar-refractivity contribution >= 4 is 11.7 Å². The van der Waals surface area contributed by atoms with Crippen molar-refractivity contribution in [1.82, 2.24) is 4.57 Å². The van der Waals surface area contributed by atoms with Gasteiger partial charge < -0.3 is 15.0 Å². The summed E-state index contributed by atoms with van der Waals surface area (Å²) in [6.45, 7) is 4.18. The SMILES string of the molecule is COC(=O)c1c(N)c(C#N)cn1-c1cccc(C(C)C)c1. The number of nitrogen functional groups attached to an aromatic ring is 1. The highest BCUT2D eigenvalue weighted by Gasteiger charge is 2.21. The Morgan fingerprint density at radius 2 is 2.14 bits per heavy atom. The molecule has 0 aliphatic carbocycles. The Kier molecular flexibility index (Phi) is 3.99. The van der Waals surface area contributed by atoms with Gasteiger partial charge in [-0.2, -0.15) is 5.26 Å². The van der Waals surface area contributed by atoms with Crippen LogP contribution in [-0.4, -0.2) is 17.6 Å². The van der Waals surface area contributed by atoms with E-state index in [0.29, 0.717) is 5.92 Å². The summed E-state index contributed by atoms with van der Waals surface area (Å²) in [5.74, 6) is -0.209. The van der Waals surface area contributed by atoms with Crippen molar-refractivity contribution in [3.05, 3.63) is 47.3 Å². The molecule has 1 aromatic carbocycles. The minimum atomic E-state index is -0.566. The van der Waals surface area contributed by atoms with Crippen molar-refractivity contribution in [2.75, 3.05) is 12.8 Å². The molecule has 0 unspecified atom stereocenters. The molecule has 0 atom stereocenters. The molecule has 0 saturated carbocycles. The van der Waals surface area contributed by atoms with Gasteiger partial charge in [-0.15, -0.1) is 0 Å². The summed E-state index contributed by atoms with van der Waals surface area (Å²) in [4.78, 5) is 11.9. The van der Waals surface area contributed by atoms with E-state index in [1.54, 1.807) is 10.8 Å². The molecule has 2 rings (SSSR count). The number of nitrogens with zero attached hydrogens (tertiary/aromatic N) is 2. The second-order valence-corrected chi connectivity index (χ2v) is 5.03. The molecule has 0 aliphatic heterocycles. The van der Waals surface area contributed by atoms with Crippen LogP contribution in [0.4, 0.5) is 5.69 Å². The van der Waals surface area contributed by atoms with Crippen molar-refractivity contribution in [2.24, 2.45) is 0 Å². The zero-order chi connectivity index (χ0) is 15.6. The number of carbonyl (C=O) groups is 1. The molecule has 0 radical (unpaired) electrons. The van der Waals surface area contributed by atoms with Crippen LogP contribution >= 0.6 is 0 Å². The maximum absolute atomic E-state index is 11.9. The van der Waals surface area contributed by atoms with E-state index >= 15 is 0 Å². The van der Waals surface area contributed by atoms with Crippen LogP contribution in [0.2, 0.25) is 0 Å². The summed E-state index contributed by atoms with van der Waals surface area (Å²) >= 11 is 0. The van der Waals surface area contributed by atoms with Crippen LogP contribution in [-0.2, 0) is 4.74 Å². The van der Waals surface area contributed by atoms with Gasteiger partial charge in [0.05, 0.1) is 18.4 Å². The van der Waals surface area contributed by atoms with Crippen molar-refractivity contribution < 1.29 is 9.53 Å². The molecule has 0 aliphatic rings. The van der Waals surface area contributed by atoms with Crippen LogP contribution in [0.15, 0.2) is 30.5 Å². The Labute approximate surface area is 123 Å². The molecular weight excluding hydrogens is 266 g/mol. The first kappa shape index (κ1) is 14.7. The third kappa shape index (κ3) is 2.61. The highest BCUT2D eigenvalue weighted by molar-refractivity contribution is 5.95. The summed E-state index contributed by atoms with van der Waals surface area (Å²) in [5.41, 5.74) is 8.36. The fourth-order valence-electron chi connectivity index (χ4n) is 2.15. The van der Waals surface area contributed by atoms with Crippen molar-refractivity contribution in [1.29, 1.82) is 5.26 Å². The highest BCUT2D eigenvalue weighted by atomic mass is 16.5. The molecule has 0 fully saturated rings. The van der Waals surface area contributed by atoms with Gasteiger partial charge in [0.1, 0.15) is 6.07 Å². The summed E-state index contributed by atoms with van der Waals surface area (Å²) in [6, 6.07) is 9.75. The molecule has 0 bridgehead atoms. The Morgan fingerprint density at radius 3 is 2.71 bits per heavy atom. The molecule has 108 valence electrons. The van der Waals surface area contributed by atoms with Gasteiger partial charge in [-0.25, -0.2) is 4.79 Å². The molecule has 2 N–H and O–H groups in total. The van der Waals surface area contributed by atoms with E-state index in [4.69, 9.17) is 15.7 Å². The van der Waals surface area contributed by atoms with Gasteiger partial charge >= 0.3 is 5.97 Å². The number of benzene rings is 1. The predicted octanol–water partition coefficient (Wildman–Crippen LogP) is 2.84. The highest BCUT2D eigenvalue weighted by Crippen LogP contribution is 2.26. The first-order chi connectivity index (χ1) is 9.99. The number of methoxy groups -OCH3 is 1. The predicted molar refractivity (Wildman–Crippen MR) is 80.3 cm³/mol. The Balaban J connectivity index is 2.66. The third-order valence-corrected chi connectivity index (χ3v) is 3.36. The number of anilines is 1. The van der Waals surface area contributed by atoms with Gasteiger partial charge in [-0.05, 0) is 23.6 Å². The van der Waals surface area contributed by atoms with Crippen molar-refractivity contribution in [3.63, 3.8) is 0 Å². The zero-order valence-corrected chi connectivity index (χ0v) is 12.3. The standard InChI is InChI=1S/C16H17N3O2/c1-10(2)11-5-4-6-13(7-11)19-9-12(8-17)14(18)15(19)16(20)21-3/h4-7,9-10H,18H2,1-3H3. The maximum Gasteiger partial charge on any atom is 0.357 e. The van der Waals surface area contributed by atoms with Crippen molar-refractivity contribution in [2.45, 2.75) is 19.8 Å². The fraction of sp³-hybridized carbons (Fsp3) is 0.250. The lowest BCUT2D eigenvalue weighted by molar-refractivity contribution is 0.0593.